The lowest BCUT2D eigenvalue weighted by Crippen LogP contribution is -2.47. The van der Waals surface area contributed by atoms with Gasteiger partial charge < -0.3 is 24.4 Å². The molecule has 2 aliphatic heterocycles. The zero-order valence-electron chi connectivity index (χ0n) is 18.3. The zero-order chi connectivity index (χ0) is 22.3. The summed E-state index contributed by atoms with van der Waals surface area (Å²) in [6, 6.07) is 15.9. The Bertz CT molecular complexity index is 1180. The smallest absolute Gasteiger partial charge is 0.264 e. The highest BCUT2D eigenvalue weighted by atomic mass is 16.7. The Kier molecular flexibility index (Phi) is 4.89. The highest BCUT2D eigenvalue weighted by Crippen LogP contribution is 2.42. The minimum atomic E-state index is -1.02. The van der Waals surface area contributed by atoms with E-state index in [1.54, 1.807) is 6.20 Å². The molecule has 2 aromatic carbocycles. The number of ether oxygens (including phenoxy) is 3. The Labute approximate surface area is 186 Å². The standard InChI is InChI=1S/C25H25N3O4/c1-25(24(29)27-14-16-4-7-18(8-5-16)28(2)3)13-20-19(10-11-26-23(20)32-25)17-6-9-21-22(12-17)31-15-30-21/h4-12H,13-15H2,1-3H3,(H,27,29). The molecule has 164 valence electrons. The van der Waals surface area contributed by atoms with Gasteiger partial charge in [-0.2, -0.15) is 0 Å². The van der Waals surface area contributed by atoms with Crippen LogP contribution in [0.2, 0.25) is 0 Å². The molecule has 1 atom stereocenters. The molecule has 7 heteroatoms. The Morgan fingerprint density at radius 1 is 1.09 bits per heavy atom. The molecule has 5 rings (SSSR count). The number of hydrogen-bond acceptors (Lipinski definition) is 6. The molecule has 7 nitrogen and oxygen atoms in total. The van der Waals surface area contributed by atoms with Crippen molar-refractivity contribution in [1.29, 1.82) is 0 Å². The van der Waals surface area contributed by atoms with E-state index in [2.05, 4.69) is 10.3 Å². The fourth-order valence-corrected chi connectivity index (χ4v) is 4.06. The van der Waals surface area contributed by atoms with Crippen molar-refractivity contribution >= 4 is 11.6 Å². The van der Waals surface area contributed by atoms with E-state index < -0.39 is 5.60 Å². The molecule has 32 heavy (non-hydrogen) atoms. The molecule has 0 saturated heterocycles. The first kappa shape index (κ1) is 20.2. The van der Waals surface area contributed by atoms with E-state index in [0.717, 1.165) is 33.7 Å². The molecular weight excluding hydrogens is 406 g/mol. The molecule has 3 heterocycles. The lowest BCUT2D eigenvalue weighted by atomic mass is 9.93. The molecule has 3 aromatic rings. The highest BCUT2D eigenvalue weighted by molar-refractivity contribution is 5.87. The molecule has 1 aromatic heterocycles. The largest absolute Gasteiger partial charge is 0.461 e. The minimum Gasteiger partial charge on any atom is -0.461 e. The van der Waals surface area contributed by atoms with Gasteiger partial charge in [-0.25, -0.2) is 4.98 Å². The first-order valence-electron chi connectivity index (χ1n) is 10.5. The van der Waals surface area contributed by atoms with Crippen LogP contribution in [-0.2, 0) is 17.8 Å². The van der Waals surface area contributed by atoms with E-state index >= 15 is 0 Å². The number of pyridine rings is 1. The van der Waals surface area contributed by atoms with Crippen LogP contribution in [0, 0.1) is 0 Å². The molecule has 0 bridgehead atoms. The van der Waals surface area contributed by atoms with Crippen LogP contribution >= 0.6 is 0 Å². The van der Waals surface area contributed by atoms with Gasteiger partial charge in [0.1, 0.15) is 0 Å². The fraction of sp³-hybridized carbons (Fsp3) is 0.280. The van der Waals surface area contributed by atoms with Gasteiger partial charge in [0.25, 0.3) is 5.91 Å². The average Bonchev–Trinajstić information content (AvgIpc) is 3.41. The topological polar surface area (TPSA) is 72.9 Å². The molecule has 1 amide bonds. The lowest BCUT2D eigenvalue weighted by Gasteiger charge is -2.22. The van der Waals surface area contributed by atoms with Crippen LogP contribution in [0.3, 0.4) is 0 Å². The molecule has 0 aliphatic carbocycles. The predicted molar refractivity (Wildman–Crippen MR) is 121 cm³/mol. The molecule has 1 N–H and O–H groups in total. The van der Waals surface area contributed by atoms with Crippen LogP contribution in [0.5, 0.6) is 17.4 Å². The maximum atomic E-state index is 13.1. The number of carbonyl (C=O) groups is 1. The summed E-state index contributed by atoms with van der Waals surface area (Å²) in [6.45, 7) is 2.47. The van der Waals surface area contributed by atoms with Crippen LogP contribution < -0.4 is 24.4 Å². The quantitative estimate of drug-likeness (QED) is 0.666. The second-order valence-electron chi connectivity index (χ2n) is 8.46. The minimum absolute atomic E-state index is 0.163. The number of rotatable bonds is 5. The molecular formula is C25H25N3O4. The molecule has 0 fully saturated rings. The van der Waals surface area contributed by atoms with Crippen molar-refractivity contribution < 1.29 is 19.0 Å². The Balaban J connectivity index is 1.32. The van der Waals surface area contributed by atoms with Gasteiger partial charge in [0.05, 0.1) is 0 Å². The first-order valence-corrected chi connectivity index (χ1v) is 10.5. The van der Waals surface area contributed by atoms with Crippen molar-refractivity contribution in [2.24, 2.45) is 0 Å². The number of carbonyl (C=O) groups excluding carboxylic acids is 1. The summed E-state index contributed by atoms with van der Waals surface area (Å²) in [7, 11) is 4.00. The number of amides is 1. The van der Waals surface area contributed by atoms with E-state index in [-0.39, 0.29) is 12.7 Å². The van der Waals surface area contributed by atoms with Crippen molar-refractivity contribution in [3.8, 4) is 28.5 Å². The van der Waals surface area contributed by atoms with Crippen molar-refractivity contribution in [2.45, 2.75) is 25.5 Å². The Morgan fingerprint density at radius 3 is 2.66 bits per heavy atom. The summed E-state index contributed by atoms with van der Waals surface area (Å²) in [6.07, 6.45) is 2.14. The third-order valence-corrected chi connectivity index (χ3v) is 5.92. The maximum absolute atomic E-state index is 13.1. The molecule has 0 saturated carbocycles. The van der Waals surface area contributed by atoms with E-state index in [0.29, 0.717) is 24.6 Å². The molecule has 0 spiro atoms. The molecule has 0 radical (unpaired) electrons. The second-order valence-corrected chi connectivity index (χ2v) is 8.46. The van der Waals surface area contributed by atoms with Gasteiger partial charge in [-0.3, -0.25) is 4.79 Å². The van der Waals surface area contributed by atoms with Crippen LogP contribution in [0.1, 0.15) is 18.1 Å². The number of fused-ring (bicyclic) bond motifs is 2. The second kappa shape index (κ2) is 7.75. The first-order chi connectivity index (χ1) is 15.4. The summed E-state index contributed by atoms with van der Waals surface area (Å²) in [5, 5.41) is 3.02. The van der Waals surface area contributed by atoms with Gasteiger partial charge in [0.15, 0.2) is 17.1 Å². The van der Waals surface area contributed by atoms with Crippen LogP contribution in [0.25, 0.3) is 11.1 Å². The third kappa shape index (κ3) is 3.60. The summed E-state index contributed by atoms with van der Waals surface area (Å²) in [5.41, 5.74) is 3.99. The van der Waals surface area contributed by atoms with Crippen LogP contribution in [-0.4, -0.2) is 37.4 Å². The van der Waals surface area contributed by atoms with E-state index in [4.69, 9.17) is 14.2 Å². The number of benzene rings is 2. The van der Waals surface area contributed by atoms with Crippen molar-refractivity contribution in [1.82, 2.24) is 10.3 Å². The van der Waals surface area contributed by atoms with Gasteiger partial charge in [-0.1, -0.05) is 18.2 Å². The highest BCUT2D eigenvalue weighted by Gasteiger charge is 2.43. The van der Waals surface area contributed by atoms with Crippen LogP contribution in [0.15, 0.2) is 54.7 Å². The Morgan fingerprint density at radius 2 is 1.88 bits per heavy atom. The van der Waals surface area contributed by atoms with Crippen molar-refractivity contribution in [2.75, 3.05) is 25.8 Å². The van der Waals surface area contributed by atoms with E-state index in [1.807, 2.05) is 74.4 Å². The zero-order valence-corrected chi connectivity index (χ0v) is 18.3. The third-order valence-electron chi connectivity index (χ3n) is 5.92. The summed E-state index contributed by atoms with van der Waals surface area (Å²) < 4.78 is 17.0. The van der Waals surface area contributed by atoms with E-state index in [9.17, 15) is 4.79 Å². The predicted octanol–water partition coefficient (Wildman–Crippen LogP) is 3.55. The number of anilines is 1. The maximum Gasteiger partial charge on any atom is 0.264 e. The van der Waals surface area contributed by atoms with Gasteiger partial charge in [0, 0.05) is 44.5 Å². The van der Waals surface area contributed by atoms with Gasteiger partial charge in [-0.05, 0) is 53.9 Å². The number of aromatic nitrogens is 1. The van der Waals surface area contributed by atoms with Gasteiger partial charge in [-0.15, -0.1) is 0 Å². The summed E-state index contributed by atoms with van der Waals surface area (Å²) in [4.78, 5) is 19.5. The fourth-order valence-electron chi connectivity index (χ4n) is 4.06. The Hall–Kier alpha value is -3.74. The molecule has 1 unspecified atom stereocenters. The number of hydrogen-bond donors (Lipinski definition) is 1. The summed E-state index contributed by atoms with van der Waals surface area (Å²) >= 11 is 0. The molecule has 2 aliphatic rings. The normalized spacial score (nSPS) is 18.1. The summed E-state index contributed by atoms with van der Waals surface area (Å²) in [5.74, 6) is 1.78. The van der Waals surface area contributed by atoms with Crippen molar-refractivity contribution in [3.63, 3.8) is 0 Å². The van der Waals surface area contributed by atoms with Crippen LogP contribution in [0.4, 0.5) is 5.69 Å². The average molecular weight is 431 g/mol. The van der Waals surface area contributed by atoms with E-state index in [1.165, 1.54) is 0 Å². The number of nitrogens with one attached hydrogen (secondary N) is 1. The van der Waals surface area contributed by atoms with Gasteiger partial charge in [0.2, 0.25) is 12.7 Å². The SMILES string of the molecule is CN(C)c1ccc(CNC(=O)C2(C)Cc3c(-c4ccc5c(c4)OCO5)ccnc3O2)cc1. The monoisotopic (exact) mass is 431 g/mol. The lowest BCUT2D eigenvalue weighted by molar-refractivity contribution is -0.134. The van der Waals surface area contributed by atoms with Gasteiger partial charge >= 0.3 is 0 Å². The van der Waals surface area contributed by atoms with Crippen molar-refractivity contribution in [3.05, 3.63) is 65.9 Å². The number of nitrogens with zero attached hydrogens (tertiary/aromatic N) is 2.